The molecule has 3 saturated heterocycles. The Morgan fingerprint density at radius 3 is 2.06 bits per heavy atom. The summed E-state index contributed by atoms with van der Waals surface area (Å²) in [7, 11) is 0. The van der Waals surface area contributed by atoms with Crippen molar-refractivity contribution in [1.29, 1.82) is 0 Å². The molecule has 4 unspecified atom stereocenters. The highest BCUT2D eigenvalue weighted by atomic mass is 16.9. The molecule has 0 aromatic rings. The second-order valence-electron chi connectivity index (χ2n) is 5.89. The van der Waals surface area contributed by atoms with Gasteiger partial charge in [0.2, 0.25) is 0 Å². The molecule has 3 heterocycles. The van der Waals surface area contributed by atoms with Gasteiger partial charge in [0.05, 0.1) is 6.61 Å². The van der Waals surface area contributed by atoms with Crippen LogP contribution in [0.1, 0.15) is 27.7 Å². The predicted molar refractivity (Wildman–Crippen MR) is 59.6 cm³/mol. The number of rotatable bonds is 1. The van der Waals surface area contributed by atoms with Gasteiger partial charge in [-0.1, -0.05) is 0 Å². The fourth-order valence-electron chi connectivity index (χ4n) is 2.84. The van der Waals surface area contributed by atoms with Gasteiger partial charge in [0.15, 0.2) is 17.9 Å². The van der Waals surface area contributed by atoms with E-state index < -0.39 is 24.0 Å². The van der Waals surface area contributed by atoms with Gasteiger partial charge in [-0.3, -0.25) is 0 Å². The van der Waals surface area contributed by atoms with Crippen molar-refractivity contribution in [3.05, 3.63) is 0 Å². The molecular weight excluding hydrogens is 240 g/mol. The van der Waals surface area contributed by atoms with E-state index in [1.165, 1.54) is 0 Å². The summed E-state index contributed by atoms with van der Waals surface area (Å²) in [6.45, 7) is 7.22. The summed E-state index contributed by atoms with van der Waals surface area (Å²) in [6, 6.07) is 0. The average Bonchev–Trinajstić information content (AvgIpc) is 2.71. The van der Waals surface area contributed by atoms with E-state index in [0.29, 0.717) is 0 Å². The van der Waals surface area contributed by atoms with Crippen molar-refractivity contribution in [3.8, 4) is 0 Å². The van der Waals surface area contributed by atoms with Gasteiger partial charge >= 0.3 is 0 Å². The van der Waals surface area contributed by atoms with Crippen LogP contribution in [0.5, 0.6) is 0 Å². The van der Waals surface area contributed by atoms with E-state index in [1.807, 2.05) is 27.7 Å². The van der Waals surface area contributed by atoms with E-state index >= 15 is 0 Å². The van der Waals surface area contributed by atoms with Gasteiger partial charge < -0.3 is 28.8 Å². The highest BCUT2D eigenvalue weighted by Gasteiger charge is 2.60. The molecule has 0 radical (unpaired) electrons. The van der Waals surface area contributed by atoms with Gasteiger partial charge in [-0.25, -0.2) is 0 Å². The van der Waals surface area contributed by atoms with Crippen molar-refractivity contribution in [1.82, 2.24) is 0 Å². The number of hydrogen-bond donors (Lipinski definition) is 1. The zero-order valence-corrected chi connectivity index (χ0v) is 11.1. The van der Waals surface area contributed by atoms with Crippen LogP contribution in [0.2, 0.25) is 0 Å². The maximum atomic E-state index is 9.40. The predicted octanol–water partition coefficient (Wildman–Crippen LogP) is 0.375. The second-order valence-corrected chi connectivity index (χ2v) is 5.89. The third kappa shape index (κ3) is 1.97. The molecule has 0 aliphatic carbocycles. The van der Waals surface area contributed by atoms with E-state index in [0.717, 1.165) is 0 Å². The first-order valence-electron chi connectivity index (χ1n) is 6.29. The average molecular weight is 260 g/mol. The van der Waals surface area contributed by atoms with E-state index in [4.69, 9.17) is 23.7 Å². The minimum atomic E-state index is -0.708. The molecule has 3 rings (SSSR count). The van der Waals surface area contributed by atoms with Crippen molar-refractivity contribution in [2.75, 3.05) is 6.61 Å². The molecule has 18 heavy (non-hydrogen) atoms. The summed E-state index contributed by atoms with van der Waals surface area (Å²) in [6.07, 6.45) is -1.90. The number of hydrogen-bond acceptors (Lipinski definition) is 6. The number of aliphatic hydroxyl groups is 1. The Balaban J connectivity index is 1.86. The summed E-state index contributed by atoms with van der Waals surface area (Å²) >= 11 is 0. The van der Waals surface area contributed by atoms with Gasteiger partial charge in [-0.15, -0.1) is 0 Å². The van der Waals surface area contributed by atoms with Crippen LogP contribution in [0.3, 0.4) is 0 Å². The highest BCUT2D eigenvalue weighted by molar-refractivity contribution is 4.99. The van der Waals surface area contributed by atoms with Crippen LogP contribution < -0.4 is 0 Å². The van der Waals surface area contributed by atoms with Crippen LogP contribution in [-0.4, -0.2) is 54.0 Å². The molecule has 0 bridgehead atoms. The van der Waals surface area contributed by atoms with Crippen molar-refractivity contribution in [3.63, 3.8) is 0 Å². The highest BCUT2D eigenvalue weighted by Crippen LogP contribution is 2.43. The second kappa shape index (κ2) is 3.88. The molecule has 0 saturated carbocycles. The van der Waals surface area contributed by atoms with Gasteiger partial charge in [0, 0.05) is 0 Å². The SMILES string of the molecule is CC1(C)OC2C(CO)OC3OC(C)(C)O[C@H]3C2O1. The summed E-state index contributed by atoms with van der Waals surface area (Å²) in [5, 5.41) is 9.40. The first-order valence-corrected chi connectivity index (χ1v) is 6.29. The zero-order chi connectivity index (χ0) is 13.1. The summed E-state index contributed by atoms with van der Waals surface area (Å²) < 4.78 is 28.9. The third-order valence-corrected chi connectivity index (χ3v) is 3.43. The maximum Gasteiger partial charge on any atom is 0.190 e. The first kappa shape index (κ1) is 12.8. The van der Waals surface area contributed by atoms with Crippen molar-refractivity contribution in [2.45, 2.75) is 70.0 Å². The van der Waals surface area contributed by atoms with Gasteiger partial charge in [-0.2, -0.15) is 0 Å². The van der Waals surface area contributed by atoms with Crippen LogP contribution in [0.25, 0.3) is 0 Å². The minimum Gasteiger partial charge on any atom is -0.394 e. The molecule has 0 aromatic heterocycles. The van der Waals surface area contributed by atoms with Crippen molar-refractivity contribution in [2.24, 2.45) is 0 Å². The van der Waals surface area contributed by atoms with Crippen LogP contribution in [0.4, 0.5) is 0 Å². The lowest BCUT2D eigenvalue weighted by Crippen LogP contribution is -2.56. The Labute approximate surface area is 106 Å². The van der Waals surface area contributed by atoms with E-state index in [2.05, 4.69) is 0 Å². The smallest absolute Gasteiger partial charge is 0.190 e. The molecule has 6 heteroatoms. The zero-order valence-electron chi connectivity index (χ0n) is 11.1. The first-order chi connectivity index (χ1) is 8.31. The lowest BCUT2D eigenvalue weighted by atomic mass is 9.99. The summed E-state index contributed by atoms with van der Waals surface area (Å²) in [4.78, 5) is 0. The van der Waals surface area contributed by atoms with Gasteiger partial charge in [0.25, 0.3) is 0 Å². The molecular formula is C12H20O6. The normalized spacial score (nSPS) is 48.8. The van der Waals surface area contributed by atoms with Gasteiger partial charge in [0.1, 0.15) is 24.4 Å². The molecule has 3 aliphatic heterocycles. The lowest BCUT2D eigenvalue weighted by Gasteiger charge is -2.36. The van der Waals surface area contributed by atoms with Crippen LogP contribution in [0, 0.1) is 0 Å². The van der Waals surface area contributed by atoms with Crippen molar-refractivity contribution >= 4 is 0 Å². The lowest BCUT2D eigenvalue weighted by molar-refractivity contribution is -0.240. The fourth-order valence-corrected chi connectivity index (χ4v) is 2.84. The summed E-state index contributed by atoms with van der Waals surface area (Å²) in [5.41, 5.74) is 0. The summed E-state index contributed by atoms with van der Waals surface area (Å²) in [5.74, 6) is -1.41. The van der Waals surface area contributed by atoms with Crippen LogP contribution in [0.15, 0.2) is 0 Å². The number of ether oxygens (including phenoxy) is 5. The molecule has 5 atom stereocenters. The van der Waals surface area contributed by atoms with E-state index in [9.17, 15) is 5.11 Å². The Hall–Kier alpha value is -0.240. The van der Waals surface area contributed by atoms with Crippen molar-refractivity contribution < 1.29 is 28.8 Å². The molecule has 3 aliphatic rings. The monoisotopic (exact) mass is 260 g/mol. The fraction of sp³-hybridized carbons (Fsp3) is 1.00. The Bertz CT molecular complexity index is 341. The number of aliphatic hydroxyl groups excluding tert-OH is 1. The maximum absolute atomic E-state index is 9.40. The molecule has 3 fully saturated rings. The van der Waals surface area contributed by atoms with Crippen LogP contribution in [-0.2, 0) is 23.7 Å². The topological polar surface area (TPSA) is 66.4 Å². The van der Waals surface area contributed by atoms with E-state index in [-0.39, 0.29) is 24.9 Å². The Kier molecular flexibility index (Phi) is 2.75. The third-order valence-electron chi connectivity index (χ3n) is 3.43. The standard InChI is InChI=1S/C12H20O6/c1-11(2)15-7-6(5-13)14-10-9(8(7)16-11)17-12(3,4)18-10/h6-10,13H,5H2,1-4H3/t6?,7?,8?,9-,10?/m0/s1. The molecule has 1 N–H and O–H groups in total. The largest absolute Gasteiger partial charge is 0.394 e. The molecule has 0 amide bonds. The quantitative estimate of drug-likeness (QED) is 0.735. The minimum absolute atomic E-state index is 0.131. The molecule has 6 nitrogen and oxygen atoms in total. The molecule has 0 aromatic carbocycles. The number of fused-ring (bicyclic) bond motifs is 3. The van der Waals surface area contributed by atoms with Crippen LogP contribution >= 0.6 is 0 Å². The Morgan fingerprint density at radius 2 is 1.39 bits per heavy atom. The Morgan fingerprint density at radius 1 is 0.833 bits per heavy atom. The van der Waals surface area contributed by atoms with Gasteiger partial charge in [-0.05, 0) is 27.7 Å². The van der Waals surface area contributed by atoms with E-state index in [1.54, 1.807) is 0 Å². The molecule has 104 valence electrons. The molecule has 0 spiro atoms.